The van der Waals surface area contributed by atoms with E-state index in [2.05, 4.69) is 4.99 Å². The molecule has 29 heavy (non-hydrogen) atoms. The number of nitrogens with zero attached hydrogens (tertiary/aromatic N) is 3. The molecule has 0 saturated carbocycles. The van der Waals surface area contributed by atoms with Gasteiger partial charge in [-0.15, -0.1) is 4.99 Å². The molecule has 3 amide bonds. The highest BCUT2D eigenvalue weighted by Crippen LogP contribution is 2.25. The van der Waals surface area contributed by atoms with Crippen LogP contribution in [0.3, 0.4) is 0 Å². The van der Waals surface area contributed by atoms with Crippen molar-refractivity contribution in [2.45, 2.75) is 13.1 Å². The van der Waals surface area contributed by atoms with Crippen molar-refractivity contribution in [1.82, 2.24) is 4.90 Å². The molecule has 2 aromatic carbocycles. The molecule has 4 rings (SSSR count). The molecule has 2 aliphatic rings. The lowest BCUT2D eigenvalue weighted by Gasteiger charge is -2.27. The van der Waals surface area contributed by atoms with Crippen molar-refractivity contribution >= 4 is 24.0 Å². The van der Waals surface area contributed by atoms with Crippen molar-refractivity contribution in [3.8, 4) is 5.75 Å². The molecule has 0 saturated heterocycles. The molecule has 0 radical (unpaired) electrons. The van der Waals surface area contributed by atoms with E-state index >= 15 is 0 Å². The Morgan fingerprint density at radius 3 is 2.66 bits per heavy atom. The van der Waals surface area contributed by atoms with Gasteiger partial charge in [-0.3, -0.25) is 4.79 Å². The summed E-state index contributed by atoms with van der Waals surface area (Å²) in [5.74, 6) is -0.351. The lowest BCUT2D eigenvalue weighted by Crippen LogP contribution is -2.53. The Labute approximate surface area is 167 Å². The highest BCUT2D eigenvalue weighted by atomic mass is 19.1. The van der Waals surface area contributed by atoms with E-state index in [1.807, 2.05) is 18.2 Å². The maximum atomic E-state index is 13.3. The first kappa shape index (κ1) is 18.7. The third-order valence-corrected chi connectivity index (χ3v) is 4.92. The lowest BCUT2D eigenvalue weighted by molar-refractivity contribution is -0.458. The number of hydrogen-bond acceptors (Lipinski definition) is 4. The van der Waals surface area contributed by atoms with Gasteiger partial charge in [-0.1, -0.05) is 36.4 Å². The van der Waals surface area contributed by atoms with Crippen molar-refractivity contribution < 1.29 is 23.3 Å². The summed E-state index contributed by atoms with van der Waals surface area (Å²) >= 11 is 0. The van der Waals surface area contributed by atoms with Crippen LogP contribution in [0.5, 0.6) is 5.75 Å². The number of aliphatic imine (C=N–C) groups is 1. The molecule has 6 nitrogen and oxygen atoms in total. The first-order valence-electron chi connectivity index (χ1n) is 9.15. The average Bonchev–Trinajstić information content (AvgIpc) is 2.75. The van der Waals surface area contributed by atoms with E-state index in [1.54, 1.807) is 43.7 Å². The number of carbonyl (C=O) groups excluding carboxylic acids is 2. The zero-order chi connectivity index (χ0) is 20.4. The highest BCUT2D eigenvalue weighted by Gasteiger charge is 2.46. The Morgan fingerprint density at radius 1 is 1.14 bits per heavy atom. The van der Waals surface area contributed by atoms with Crippen LogP contribution in [0, 0.1) is 11.7 Å². The number of hydrogen-bond donors (Lipinski definition) is 0. The van der Waals surface area contributed by atoms with Crippen LogP contribution in [0.25, 0.3) is 0 Å². The first-order valence-corrected chi connectivity index (χ1v) is 9.15. The number of fused-ring (bicyclic) bond motifs is 1. The second-order valence-electron chi connectivity index (χ2n) is 6.73. The standard InChI is InChI=1S/C22H19FN3O3/c1-29-19-7-3-2-5-16(19)14-26-21(27)18-6-4-12-24-20(18)25(22(26)28)13-15-8-10-17(23)11-9-15/h2-12,18H,13-14H2,1H3/q+1. The summed E-state index contributed by atoms with van der Waals surface area (Å²) in [5.41, 5.74) is 1.47. The number of urea groups is 1. The topological polar surface area (TPSA) is 62.0 Å². The SMILES string of the molecule is COc1ccccc1CN1C(=O)C2C=CC=NC2=[N+](Cc2ccc(F)cc2)C1=O. The van der Waals surface area contributed by atoms with E-state index in [-0.39, 0.29) is 24.8 Å². The Balaban J connectivity index is 1.72. The van der Waals surface area contributed by atoms with Crippen molar-refractivity contribution in [1.29, 1.82) is 0 Å². The number of rotatable bonds is 5. The summed E-state index contributed by atoms with van der Waals surface area (Å²) in [5, 5.41) is 0. The molecule has 2 aromatic rings. The second-order valence-corrected chi connectivity index (χ2v) is 6.73. The van der Waals surface area contributed by atoms with Gasteiger partial charge in [-0.05, 0) is 29.8 Å². The molecule has 2 aliphatic heterocycles. The summed E-state index contributed by atoms with van der Waals surface area (Å²) in [4.78, 5) is 31.8. The number of halogens is 1. The Kier molecular flexibility index (Phi) is 5.03. The molecule has 1 unspecified atom stereocenters. The van der Waals surface area contributed by atoms with E-state index in [9.17, 15) is 14.0 Å². The van der Waals surface area contributed by atoms with Crippen LogP contribution in [-0.2, 0) is 17.9 Å². The smallest absolute Gasteiger partial charge is 0.446 e. The zero-order valence-electron chi connectivity index (χ0n) is 15.8. The second kappa shape index (κ2) is 7.79. The number of dihydropyridines is 1. The van der Waals surface area contributed by atoms with E-state index in [4.69, 9.17) is 4.74 Å². The number of ether oxygens (including phenoxy) is 1. The van der Waals surface area contributed by atoms with E-state index in [0.717, 1.165) is 11.1 Å². The monoisotopic (exact) mass is 392 g/mol. The summed E-state index contributed by atoms with van der Waals surface area (Å²) in [6.07, 6.45) is 4.98. The summed E-state index contributed by atoms with van der Waals surface area (Å²) < 4.78 is 20.1. The average molecular weight is 392 g/mol. The van der Waals surface area contributed by atoms with E-state index in [1.165, 1.54) is 21.6 Å². The molecule has 0 aromatic heterocycles. The van der Waals surface area contributed by atoms with Crippen molar-refractivity contribution in [3.63, 3.8) is 0 Å². The molecule has 0 bridgehead atoms. The lowest BCUT2D eigenvalue weighted by atomic mass is 10.0. The van der Waals surface area contributed by atoms with Crippen molar-refractivity contribution in [2.24, 2.45) is 10.9 Å². The van der Waals surface area contributed by atoms with Gasteiger partial charge in [-0.2, -0.15) is 9.48 Å². The van der Waals surface area contributed by atoms with Crippen LogP contribution in [0.4, 0.5) is 9.18 Å². The number of imide groups is 1. The van der Waals surface area contributed by atoms with E-state index < -0.39 is 11.9 Å². The number of benzene rings is 2. The quantitative estimate of drug-likeness (QED) is 0.735. The number of carbonyl (C=O) groups is 2. The van der Waals surface area contributed by atoms with Crippen LogP contribution in [0.15, 0.2) is 65.7 Å². The largest absolute Gasteiger partial charge is 0.496 e. The number of para-hydroxylation sites is 1. The minimum absolute atomic E-state index is 0.0862. The molecule has 7 heteroatoms. The van der Waals surface area contributed by atoms with Crippen LogP contribution in [-0.4, -0.2) is 40.6 Å². The van der Waals surface area contributed by atoms with Gasteiger partial charge in [0.1, 0.15) is 30.9 Å². The van der Waals surface area contributed by atoms with Crippen LogP contribution in [0.2, 0.25) is 0 Å². The van der Waals surface area contributed by atoms with Gasteiger partial charge >= 0.3 is 11.9 Å². The third-order valence-electron chi connectivity index (χ3n) is 4.92. The molecule has 0 aliphatic carbocycles. The van der Waals surface area contributed by atoms with Crippen molar-refractivity contribution in [2.75, 3.05) is 7.11 Å². The fourth-order valence-electron chi connectivity index (χ4n) is 3.45. The number of methoxy groups -OCH3 is 1. The normalized spacial score (nSPS) is 18.3. The molecule has 0 fully saturated rings. The number of amides is 3. The molecular weight excluding hydrogens is 373 g/mol. The molecule has 146 valence electrons. The Bertz CT molecular complexity index is 1060. The maximum Gasteiger partial charge on any atom is 0.446 e. The summed E-state index contributed by atoms with van der Waals surface area (Å²) in [7, 11) is 1.55. The molecule has 2 heterocycles. The molecular formula is C22H19FN3O3+. The first-order chi connectivity index (χ1) is 14.1. The van der Waals surface area contributed by atoms with Crippen LogP contribution < -0.4 is 4.74 Å². The number of amidine groups is 1. The summed E-state index contributed by atoms with van der Waals surface area (Å²) in [6.45, 7) is 0.273. The van der Waals surface area contributed by atoms with Gasteiger partial charge < -0.3 is 4.74 Å². The van der Waals surface area contributed by atoms with Gasteiger partial charge in [-0.25, -0.2) is 9.18 Å². The van der Waals surface area contributed by atoms with Gasteiger partial charge in [0.25, 0.3) is 5.84 Å². The fraction of sp³-hybridized carbons (Fsp3) is 0.182. The van der Waals surface area contributed by atoms with Gasteiger partial charge in [0, 0.05) is 5.56 Å². The Morgan fingerprint density at radius 2 is 1.90 bits per heavy atom. The minimum Gasteiger partial charge on any atom is -0.496 e. The zero-order valence-corrected chi connectivity index (χ0v) is 15.8. The van der Waals surface area contributed by atoms with Crippen LogP contribution in [0.1, 0.15) is 11.1 Å². The van der Waals surface area contributed by atoms with E-state index in [0.29, 0.717) is 11.6 Å². The third kappa shape index (κ3) is 3.59. The maximum absolute atomic E-state index is 13.3. The molecule has 1 atom stereocenters. The predicted molar refractivity (Wildman–Crippen MR) is 105 cm³/mol. The molecule has 0 spiro atoms. The van der Waals surface area contributed by atoms with Gasteiger partial charge in [0.2, 0.25) is 0 Å². The van der Waals surface area contributed by atoms with Crippen molar-refractivity contribution in [3.05, 3.63) is 77.6 Å². The van der Waals surface area contributed by atoms with Gasteiger partial charge in [0.15, 0.2) is 5.92 Å². The predicted octanol–water partition coefficient (Wildman–Crippen LogP) is 3.16. The van der Waals surface area contributed by atoms with Crippen LogP contribution >= 0.6 is 0 Å². The van der Waals surface area contributed by atoms with Gasteiger partial charge in [0.05, 0.1) is 7.11 Å². The number of allylic oxidation sites excluding steroid dienone is 1. The summed E-state index contributed by atoms with van der Waals surface area (Å²) in [6, 6.07) is 12.7. The minimum atomic E-state index is -0.646. The highest BCUT2D eigenvalue weighted by molar-refractivity contribution is 6.14. The Hall–Kier alpha value is -3.61. The molecule has 0 N–H and O–H groups in total. The fourth-order valence-corrected chi connectivity index (χ4v) is 3.45.